The van der Waals surface area contributed by atoms with Crippen LogP contribution in [0.3, 0.4) is 0 Å². The van der Waals surface area contributed by atoms with Crippen molar-refractivity contribution >= 4 is 5.97 Å². The summed E-state index contributed by atoms with van der Waals surface area (Å²) < 4.78 is 4.57. The summed E-state index contributed by atoms with van der Waals surface area (Å²) >= 11 is 0. The van der Waals surface area contributed by atoms with E-state index in [-0.39, 0.29) is 5.97 Å². The number of hydrogen-bond acceptors (Lipinski definition) is 2. The fourth-order valence-corrected chi connectivity index (χ4v) is 0.996. The third-order valence-electron chi connectivity index (χ3n) is 1.82. The second-order valence-corrected chi connectivity index (χ2v) is 2.95. The molecule has 0 aromatic heterocycles. The molecule has 0 aliphatic carbocycles. The fraction of sp³-hybridized carbons (Fsp3) is 0.545. The number of unbranched alkanes of at least 4 members (excludes halogenated alkanes) is 3. The van der Waals surface area contributed by atoms with Crippen molar-refractivity contribution in [3.63, 3.8) is 0 Å². The predicted octanol–water partition coefficient (Wildman–Crippen LogP) is 2.85. The molecule has 2 heteroatoms. The average molecular weight is 182 g/mol. The lowest BCUT2D eigenvalue weighted by atomic mass is 10.1. The lowest BCUT2D eigenvalue weighted by Crippen LogP contribution is -2.01. The van der Waals surface area contributed by atoms with Gasteiger partial charge < -0.3 is 4.74 Å². The molecule has 0 aromatic rings. The molecule has 0 aromatic carbocycles. The minimum absolute atomic E-state index is 0.233. The van der Waals surface area contributed by atoms with E-state index in [0.717, 1.165) is 25.7 Å². The quantitative estimate of drug-likeness (QED) is 0.273. The summed E-state index contributed by atoms with van der Waals surface area (Å²) in [7, 11) is 1.40. The van der Waals surface area contributed by atoms with Crippen molar-refractivity contribution < 1.29 is 9.53 Å². The molecule has 0 fully saturated rings. The van der Waals surface area contributed by atoms with Crippen LogP contribution in [0.2, 0.25) is 0 Å². The van der Waals surface area contributed by atoms with E-state index in [1.807, 2.05) is 12.2 Å². The van der Waals surface area contributed by atoms with Crippen molar-refractivity contribution in [2.75, 3.05) is 7.11 Å². The van der Waals surface area contributed by atoms with Gasteiger partial charge in [-0.2, -0.15) is 0 Å². The van der Waals surface area contributed by atoms with Crippen LogP contribution in [0.15, 0.2) is 24.3 Å². The summed E-state index contributed by atoms with van der Waals surface area (Å²) in [5, 5.41) is 0. The predicted molar refractivity (Wildman–Crippen MR) is 54.4 cm³/mol. The molecule has 0 saturated heterocycles. The molecule has 74 valence electrons. The summed E-state index contributed by atoms with van der Waals surface area (Å²) in [5.74, 6) is -0.233. The number of methoxy groups -OCH3 is 1. The third kappa shape index (κ3) is 6.14. The third-order valence-corrected chi connectivity index (χ3v) is 1.82. The second-order valence-electron chi connectivity index (χ2n) is 2.95. The smallest absolute Gasteiger partial charge is 0.333 e. The number of hydrogen-bond donors (Lipinski definition) is 0. The topological polar surface area (TPSA) is 26.3 Å². The van der Waals surface area contributed by atoms with Crippen molar-refractivity contribution in [3.8, 4) is 0 Å². The Kier molecular flexibility index (Phi) is 6.98. The van der Waals surface area contributed by atoms with Crippen LogP contribution in [0.25, 0.3) is 0 Å². The molecule has 0 unspecified atom stereocenters. The minimum Gasteiger partial charge on any atom is -0.466 e. The molecular formula is C11H18O2. The zero-order chi connectivity index (χ0) is 10.1. The highest BCUT2D eigenvalue weighted by molar-refractivity contribution is 5.87. The monoisotopic (exact) mass is 182 g/mol. The molecule has 0 N–H and O–H groups in total. The van der Waals surface area contributed by atoms with Crippen LogP contribution in [0, 0.1) is 0 Å². The number of rotatable bonds is 6. The van der Waals surface area contributed by atoms with Crippen molar-refractivity contribution in [2.45, 2.75) is 32.6 Å². The van der Waals surface area contributed by atoms with E-state index in [0.29, 0.717) is 5.57 Å². The van der Waals surface area contributed by atoms with E-state index in [2.05, 4.69) is 11.3 Å². The Hall–Kier alpha value is -1.05. The number of allylic oxidation sites excluding steroid dienone is 2. The van der Waals surface area contributed by atoms with Gasteiger partial charge in [-0.05, 0) is 32.6 Å². The van der Waals surface area contributed by atoms with Crippen LogP contribution in [-0.2, 0) is 9.53 Å². The molecule has 0 spiro atoms. The van der Waals surface area contributed by atoms with Crippen LogP contribution >= 0.6 is 0 Å². The van der Waals surface area contributed by atoms with E-state index in [1.54, 1.807) is 6.92 Å². The van der Waals surface area contributed by atoms with Crippen molar-refractivity contribution in [3.05, 3.63) is 24.3 Å². The number of carbonyl (C=O) groups excluding carboxylic acids is 1. The first-order valence-corrected chi connectivity index (χ1v) is 4.58. The van der Waals surface area contributed by atoms with E-state index in [4.69, 9.17) is 0 Å². The average Bonchev–Trinajstić information content (AvgIpc) is 2.16. The van der Waals surface area contributed by atoms with Crippen LogP contribution in [0.1, 0.15) is 32.6 Å². The number of esters is 1. The van der Waals surface area contributed by atoms with Gasteiger partial charge in [-0.1, -0.05) is 12.2 Å². The maximum absolute atomic E-state index is 10.9. The van der Waals surface area contributed by atoms with Crippen molar-refractivity contribution in [1.29, 1.82) is 0 Å². The van der Waals surface area contributed by atoms with Crippen LogP contribution in [-0.4, -0.2) is 13.1 Å². The van der Waals surface area contributed by atoms with Gasteiger partial charge in [0.15, 0.2) is 0 Å². The lowest BCUT2D eigenvalue weighted by molar-refractivity contribution is -0.136. The molecule has 0 atom stereocenters. The summed E-state index contributed by atoms with van der Waals surface area (Å²) in [5.41, 5.74) is 0.695. The van der Waals surface area contributed by atoms with Gasteiger partial charge in [0.1, 0.15) is 0 Å². The largest absolute Gasteiger partial charge is 0.466 e. The highest BCUT2D eigenvalue weighted by atomic mass is 16.5. The first-order chi connectivity index (χ1) is 6.22. The Morgan fingerprint density at radius 3 is 2.54 bits per heavy atom. The lowest BCUT2D eigenvalue weighted by Gasteiger charge is -1.98. The zero-order valence-corrected chi connectivity index (χ0v) is 8.51. The minimum atomic E-state index is -0.233. The van der Waals surface area contributed by atoms with Crippen molar-refractivity contribution in [2.24, 2.45) is 0 Å². The number of ether oxygens (including phenoxy) is 1. The summed E-state index contributed by atoms with van der Waals surface area (Å²) in [4.78, 5) is 10.9. The molecule has 0 saturated carbocycles. The molecule has 0 radical (unpaired) electrons. The summed E-state index contributed by atoms with van der Waals surface area (Å²) in [6, 6.07) is 0. The SMILES string of the molecule is C=CCCCC/C=C(/C)C(=O)OC. The van der Waals surface area contributed by atoms with E-state index in [9.17, 15) is 4.79 Å². The molecule has 13 heavy (non-hydrogen) atoms. The Labute approximate surface area is 80.3 Å². The van der Waals surface area contributed by atoms with Crippen LogP contribution in [0.5, 0.6) is 0 Å². The van der Waals surface area contributed by atoms with E-state index in [1.165, 1.54) is 7.11 Å². The van der Waals surface area contributed by atoms with Crippen LogP contribution in [0.4, 0.5) is 0 Å². The highest BCUT2D eigenvalue weighted by Gasteiger charge is 2.00. The van der Waals surface area contributed by atoms with Crippen LogP contribution < -0.4 is 0 Å². The highest BCUT2D eigenvalue weighted by Crippen LogP contribution is 2.04. The molecule has 0 amide bonds. The molecule has 0 bridgehead atoms. The van der Waals surface area contributed by atoms with Gasteiger partial charge in [0, 0.05) is 5.57 Å². The molecule has 0 aliphatic heterocycles. The maximum atomic E-state index is 10.9. The molecule has 2 nitrogen and oxygen atoms in total. The van der Waals surface area contributed by atoms with Gasteiger partial charge in [-0.15, -0.1) is 6.58 Å². The maximum Gasteiger partial charge on any atom is 0.333 e. The van der Waals surface area contributed by atoms with E-state index < -0.39 is 0 Å². The standard InChI is InChI=1S/C11H18O2/c1-4-5-6-7-8-9-10(2)11(12)13-3/h4,9H,1,5-8H2,2-3H3/b10-9-. The second kappa shape index (κ2) is 7.59. The van der Waals surface area contributed by atoms with Gasteiger partial charge in [-0.25, -0.2) is 4.79 Å². The molecular weight excluding hydrogens is 164 g/mol. The Morgan fingerprint density at radius 2 is 2.00 bits per heavy atom. The Bertz CT molecular complexity index is 192. The first kappa shape index (κ1) is 11.9. The van der Waals surface area contributed by atoms with Gasteiger partial charge in [-0.3, -0.25) is 0 Å². The molecule has 0 heterocycles. The zero-order valence-electron chi connectivity index (χ0n) is 8.51. The van der Waals surface area contributed by atoms with Gasteiger partial charge in [0.05, 0.1) is 7.11 Å². The fourth-order valence-electron chi connectivity index (χ4n) is 0.996. The Morgan fingerprint density at radius 1 is 1.38 bits per heavy atom. The van der Waals surface area contributed by atoms with Gasteiger partial charge >= 0.3 is 5.97 Å². The normalized spacial score (nSPS) is 11.1. The number of carbonyl (C=O) groups is 1. The first-order valence-electron chi connectivity index (χ1n) is 4.58. The van der Waals surface area contributed by atoms with Gasteiger partial charge in [0.25, 0.3) is 0 Å². The summed E-state index contributed by atoms with van der Waals surface area (Å²) in [6.07, 6.45) is 8.06. The van der Waals surface area contributed by atoms with Gasteiger partial charge in [0.2, 0.25) is 0 Å². The molecule has 0 aliphatic rings. The van der Waals surface area contributed by atoms with E-state index >= 15 is 0 Å². The van der Waals surface area contributed by atoms with Crippen molar-refractivity contribution in [1.82, 2.24) is 0 Å². The summed E-state index contributed by atoms with van der Waals surface area (Å²) in [6.45, 7) is 5.42. The molecule has 0 rings (SSSR count). The Balaban J connectivity index is 3.58.